The van der Waals surface area contributed by atoms with Gasteiger partial charge in [0.25, 0.3) is 0 Å². The maximum atomic E-state index is 12.8. The number of ether oxygens (including phenoxy) is 1. The predicted octanol–water partition coefficient (Wildman–Crippen LogP) is 2.65. The number of nitrogens with zero attached hydrogens (tertiary/aromatic N) is 1. The fourth-order valence-electron chi connectivity index (χ4n) is 3.80. The van der Waals surface area contributed by atoms with Crippen molar-refractivity contribution in [1.29, 1.82) is 0 Å². The normalized spacial score (nSPS) is 25.5. The van der Waals surface area contributed by atoms with Gasteiger partial charge in [-0.3, -0.25) is 14.5 Å². The van der Waals surface area contributed by atoms with Gasteiger partial charge in [0.05, 0.1) is 12.2 Å². The Morgan fingerprint density at radius 1 is 1.15 bits per heavy atom. The monoisotopic (exact) mass is 358 g/mol. The first-order valence-corrected chi connectivity index (χ1v) is 9.53. The van der Waals surface area contributed by atoms with Crippen molar-refractivity contribution in [1.82, 2.24) is 10.2 Å². The number of hydrogen-bond acceptors (Lipinski definition) is 4. The summed E-state index contributed by atoms with van der Waals surface area (Å²) in [6.45, 7) is 10.6. The third-order valence-corrected chi connectivity index (χ3v) is 5.61. The maximum Gasteiger partial charge on any atom is 0.234 e. The Morgan fingerprint density at radius 2 is 1.73 bits per heavy atom. The number of carbonyl (C=O) groups is 2. The topological polar surface area (TPSA) is 58.6 Å². The van der Waals surface area contributed by atoms with Gasteiger partial charge in [0.1, 0.15) is 5.41 Å². The van der Waals surface area contributed by atoms with E-state index in [1.54, 1.807) is 12.1 Å². The molecule has 1 aromatic carbocycles. The molecule has 2 fully saturated rings. The summed E-state index contributed by atoms with van der Waals surface area (Å²) in [6.07, 6.45) is 1.64. The van der Waals surface area contributed by atoms with E-state index >= 15 is 0 Å². The molecule has 3 rings (SSSR count). The molecule has 1 saturated heterocycles. The molecule has 1 amide bonds. The molecule has 1 aromatic rings. The van der Waals surface area contributed by atoms with Crippen LogP contribution in [-0.4, -0.2) is 54.0 Å². The largest absolute Gasteiger partial charge is 0.373 e. The second-order valence-corrected chi connectivity index (χ2v) is 8.43. The van der Waals surface area contributed by atoms with E-state index in [0.29, 0.717) is 24.9 Å². The zero-order valence-electron chi connectivity index (χ0n) is 16.2. The van der Waals surface area contributed by atoms with Crippen LogP contribution in [0.3, 0.4) is 0 Å². The molecule has 0 aromatic heterocycles. The van der Waals surface area contributed by atoms with E-state index in [0.717, 1.165) is 13.1 Å². The third-order valence-electron chi connectivity index (χ3n) is 5.61. The fraction of sp³-hybridized carbons (Fsp3) is 0.619. The van der Waals surface area contributed by atoms with Gasteiger partial charge in [0.2, 0.25) is 5.91 Å². The van der Waals surface area contributed by atoms with Gasteiger partial charge in [-0.1, -0.05) is 30.3 Å². The molecule has 0 bridgehead atoms. The summed E-state index contributed by atoms with van der Waals surface area (Å²) in [7, 11) is 0. The summed E-state index contributed by atoms with van der Waals surface area (Å²) < 4.78 is 5.81. The van der Waals surface area contributed by atoms with Crippen LogP contribution < -0.4 is 5.32 Å². The molecule has 5 heteroatoms. The molecular formula is C21H30N2O3. The predicted molar refractivity (Wildman–Crippen MR) is 101 cm³/mol. The lowest BCUT2D eigenvalue weighted by Crippen LogP contribution is -2.59. The van der Waals surface area contributed by atoms with Crippen molar-refractivity contribution in [2.24, 2.45) is 5.41 Å². The molecule has 2 aliphatic rings. The summed E-state index contributed by atoms with van der Waals surface area (Å²) in [5.74, 6) is -0.184. The van der Waals surface area contributed by atoms with Gasteiger partial charge >= 0.3 is 0 Å². The van der Waals surface area contributed by atoms with E-state index in [9.17, 15) is 9.59 Å². The van der Waals surface area contributed by atoms with E-state index in [4.69, 9.17) is 4.74 Å². The molecule has 1 N–H and O–H groups in total. The van der Waals surface area contributed by atoms with Crippen LogP contribution in [0.5, 0.6) is 0 Å². The summed E-state index contributed by atoms with van der Waals surface area (Å²) >= 11 is 0. The van der Waals surface area contributed by atoms with E-state index in [-0.39, 0.29) is 29.4 Å². The highest BCUT2D eigenvalue weighted by molar-refractivity contribution is 6.16. The standard InChI is InChI=1S/C21H30N2O3/c1-15-12-23(13-16(2)26-15)20(3,4)14-22-19(25)21(10-11-21)18(24)17-8-6-5-7-9-17/h5-9,15-16H,10-14H2,1-4H3,(H,22,25). The number of rotatable bonds is 6. The first-order valence-electron chi connectivity index (χ1n) is 9.53. The minimum atomic E-state index is -0.858. The number of ketones is 1. The SMILES string of the molecule is CC1CN(C(C)(C)CNC(=O)C2(C(=O)c3ccccc3)CC2)CC(C)O1. The molecule has 1 aliphatic carbocycles. The van der Waals surface area contributed by atoms with Crippen molar-refractivity contribution < 1.29 is 14.3 Å². The molecule has 0 spiro atoms. The van der Waals surface area contributed by atoms with Gasteiger partial charge in [0, 0.05) is 30.7 Å². The Kier molecular flexibility index (Phi) is 5.22. The van der Waals surface area contributed by atoms with Crippen molar-refractivity contribution >= 4 is 11.7 Å². The highest BCUT2D eigenvalue weighted by Crippen LogP contribution is 2.48. The van der Waals surface area contributed by atoms with Crippen LogP contribution in [-0.2, 0) is 9.53 Å². The molecule has 0 radical (unpaired) electrons. The van der Waals surface area contributed by atoms with Gasteiger partial charge in [-0.2, -0.15) is 0 Å². The minimum absolute atomic E-state index is 0.0537. The number of benzene rings is 1. The van der Waals surface area contributed by atoms with E-state index in [2.05, 4.69) is 37.9 Å². The number of hydrogen-bond donors (Lipinski definition) is 1. The number of nitrogens with one attached hydrogen (secondary N) is 1. The van der Waals surface area contributed by atoms with Crippen molar-refractivity contribution in [3.05, 3.63) is 35.9 Å². The lowest BCUT2D eigenvalue weighted by Gasteiger charge is -2.45. The van der Waals surface area contributed by atoms with Gasteiger partial charge in [0.15, 0.2) is 5.78 Å². The van der Waals surface area contributed by atoms with Crippen LogP contribution in [0.1, 0.15) is 50.9 Å². The molecule has 26 heavy (non-hydrogen) atoms. The lowest BCUT2D eigenvalue weighted by molar-refractivity contribution is -0.126. The molecule has 1 saturated carbocycles. The third kappa shape index (κ3) is 3.84. The Balaban J connectivity index is 1.62. The van der Waals surface area contributed by atoms with Crippen LogP contribution in [0, 0.1) is 5.41 Å². The molecule has 1 aliphatic heterocycles. The Hall–Kier alpha value is -1.72. The summed E-state index contributed by atoms with van der Waals surface area (Å²) in [4.78, 5) is 28.0. The smallest absolute Gasteiger partial charge is 0.234 e. The van der Waals surface area contributed by atoms with Gasteiger partial charge in [-0.15, -0.1) is 0 Å². The maximum absolute atomic E-state index is 12.8. The zero-order chi connectivity index (χ0) is 18.9. The van der Waals surface area contributed by atoms with Crippen molar-refractivity contribution in [2.75, 3.05) is 19.6 Å². The highest BCUT2D eigenvalue weighted by Gasteiger charge is 2.56. The van der Waals surface area contributed by atoms with E-state index < -0.39 is 5.41 Å². The Bertz CT molecular complexity index is 657. The summed E-state index contributed by atoms with van der Waals surface area (Å²) in [5.41, 5.74) is -0.424. The Morgan fingerprint density at radius 3 is 2.27 bits per heavy atom. The van der Waals surface area contributed by atoms with Gasteiger partial charge in [-0.25, -0.2) is 0 Å². The molecule has 2 atom stereocenters. The molecule has 2 unspecified atom stereocenters. The van der Waals surface area contributed by atoms with Crippen molar-refractivity contribution in [2.45, 2.75) is 58.3 Å². The number of Topliss-reactive ketones (excluding diaryl/α,β-unsaturated/α-hetero) is 1. The number of amides is 1. The second-order valence-electron chi connectivity index (χ2n) is 8.43. The molecule has 142 valence electrons. The number of carbonyl (C=O) groups excluding carboxylic acids is 2. The lowest BCUT2D eigenvalue weighted by atomic mass is 9.93. The van der Waals surface area contributed by atoms with Crippen LogP contribution >= 0.6 is 0 Å². The average Bonchev–Trinajstić information content (AvgIpc) is 3.41. The van der Waals surface area contributed by atoms with Crippen molar-refractivity contribution in [3.8, 4) is 0 Å². The first-order chi connectivity index (χ1) is 12.2. The van der Waals surface area contributed by atoms with Crippen LogP contribution in [0.15, 0.2) is 30.3 Å². The molecule has 5 nitrogen and oxygen atoms in total. The van der Waals surface area contributed by atoms with Crippen LogP contribution in [0.2, 0.25) is 0 Å². The fourth-order valence-corrected chi connectivity index (χ4v) is 3.80. The number of morpholine rings is 1. The minimum Gasteiger partial charge on any atom is -0.373 e. The molecule has 1 heterocycles. The quantitative estimate of drug-likeness (QED) is 0.627. The Labute approximate surface area is 156 Å². The van der Waals surface area contributed by atoms with E-state index in [1.165, 1.54) is 0 Å². The average molecular weight is 358 g/mol. The highest BCUT2D eigenvalue weighted by atomic mass is 16.5. The van der Waals surface area contributed by atoms with E-state index in [1.807, 2.05) is 18.2 Å². The summed E-state index contributed by atoms with van der Waals surface area (Å²) in [5, 5.41) is 3.06. The first kappa shape index (κ1) is 19.1. The zero-order valence-corrected chi connectivity index (χ0v) is 16.2. The van der Waals surface area contributed by atoms with Crippen molar-refractivity contribution in [3.63, 3.8) is 0 Å². The second kappa shape index (κ2) is 7.12. The van der Waals surface area contributed by atoms with Gasteiger partial charge in [-0.05, 0) is 40.5 Å². The van der Waals surface area contributed by atoms with Gasteiger partial charge < -0.3 is 10.1 Å². The van der Waals surface area contributed by atoms with Crippen LogP contribution in [0.4, 0.5) is 0 Å². The molecular weight excluding hydrogens is 328 g/mol. The summed E-state index contributed by atoms with van der Waals surface area (Å²) in [6, 6.07) is 9.13. The van der Waals surface area contributed by atoms with Crippen LogP contribution in [0.25, 0.3) is 0 Å².